The van der Waals surface area contributed by atoms with Crippen LogP contribution in [0.5, 0.6) is 0 Å². The summed E-state index contributed by atoms with van der Waals surface area (Å²) in [6, 6.07) is 15.9. The Morgan fingerprint density at radius 1 is 0.683 bits per heavy atom. The molecule has 3 unspecified atom stereocenters. The van der Waals surface area contributed by atoms with Crippen LogP contribution in [0.2, 0.25) is 0 Å². The Morgan fingerprint density at radius 3 is 1.57 bits per heavy atom. The van der Waals surface area contributed by atoms with E-state index in [1.165, 1.54) is 13.8 Å². The van der Waals surface area contributed by atoms with Crippen LogP contribution >= 0.6 is 0 Å². The molecule has 0 bridgehead atoms. The number of benzene rings is 2. The van der Waals surface area contributed by atoms with E-state index in [-0.39, 0.29) is 35.3 Å². The maximum Gasteiger partial charge on any atom is 0.338 e. The van der Waals surface area contributed by atoms with Crippen molar-refractivity contribution in [2.75, 3.05) is 26.3 Å². The van der Waals surface area contributed by atoms with E-state index in [4.69, 9.17) is 9.47 Å². The zero-order valence-corrected chi connectivity index (χ0v) is 39.1. The van der Waals surface area contributed by atoms with Crippen LogP contribution in [0.4, 0.5) is 0 Å². The number of carbonyl (C=O) groups is 6. The van der Waals surface area contributed by atoms with Crippen LogP contribution in [0.15, 0.2) is 67.8 Å². The Labute approximate surface area is 364 Å². The molecule has 2 aromatic carbocycles. The molecule has 3 atom stereocenters. The molecule has 2 aromatic rings. The quantitative estimate of drug-likeness (QED) is 0.0527. The maximum absolute atomic E-state index is 12.0. The van der Waals surface area contributed by atoms with Gasteiger partial charge < -0.3 is 14.4 Å². The number of ether oxygens (including phenoxy) is 2. The second kappa shape index (κ2) is 36.5. The number of hydrogen-bond acceptors (Lipinski definition) is 8. The Morgan fingerprint density at radius 2 is 1.15 bits per heavy atom. The molecule has 0 aliphatic heterocycles. The lowest BCUT2D eigenvalue weighted by atomic mass is 9.79. The van der Waals surface area contributed by atoms with E-state index in [1.54, 1.807) is 36.4 Å². The molecule has 0 spiro atoms. The van der Waals surface area contributed by atoms with Gasteiger partial charge in [-0.15, -0.1) is 13.2 Å². The second-order valence-corrected chi connectivity index (χ2v) is 15.8. The van der Waals surface area contributed by atoms with Crippen molar-refractivity contribution in [1.82, 2.24) is 4.90 Å². The molecule has 0 saturated heterocycles. The van der Waals surface area contributed by atoms with Crippen molar-refractivity contribution >= 4 is 35.7 Å². The van der Waals surface area contributed by atoms with E-state index in [0.29, 0.717) is 53.4 Å². The number of ketones is 3. The number of esters is 2. The summed E-state index contributed by atoms with van der Waals surface area (Å²) in [6.07, 6.45) is 13.5. The first-order valence-corrected chi connectivity index (χ1v) is 22.4. The number of unbranched alkanes of at least 4 members (excludes halogenated alkanes) is 2. The topological polar surface area (TPSA) is 124 Å². The number of nitrogens with zero attached hydrogens (tertiary/aromatic N) is 1. The van der Waals surface area contributed by atoms with Gasteiger partial charge >= 0.3 is 11.9 Å². The lowest BCUT2D eigenvalue weighted by molar-refractivity contribution is -0.149. The third-order valence-corrected chi connectivity index (χ3v) is 10.7. The zero-order chi connectivity index (χ0) is 45.9. The fourth-order valence-electron chi connectivity index (χ4n) is 5.85. The summed E-state index contributed by atoms with van der Waals surface area (Å²) >= 11 is 0. The highest BCUT2D eigenvalue weighted by atomic mass is 16.5. The minimum Gasteiger partial charge on any atom is -0.465 e. The van der Waals surface area contributed by atoms with Gasteiger partial charge in [-0.05, 0) is 95.1 Å². The first kappa shape index (κ1) is 57.7. The average molecular weight is 836 g/mol. The van der Waals surface area contributed by atoms with Crippen molar-refractivity contribution in [3.05, 3.63) is 84.4 Å². The van der Waals surface area contributed by atoms with Crippen molar-refractivity contribution < 1.29 is 38.2 Å². The molecule has 0 aromatic heterocycles. The van der Waals surface area contributed by atoms with Gasteiger partial charge in [0.25, 0.3) is 0 Å². The van der Waals surface area contributed by atoms with Crippen molar-refractivity contribution in [2.24, 2.45) is 29.6 Å². The molecule has 0 N–H and O–H groups in total. The van der Waals surface area contributed by atoms with Gasteiger partial charge in [-0.25, -0.2) is 4.79 Å². The van der Waals surface area contributed by atoms with Crippen LogP contribution in [0, 0.1) is 29.6 Å². The highest BCUT2D eigenvalue weighted by molar-refractivity contribution is 6.07. The van der Waals surface area contributed by atoms with Crippen molar-refractivity contribution in [3.8, 4) is 0 Å². The average Bonchev–Trinajstić information content (AvgIpc) is 3.28. The van der Waals surface area contributed by atoms with Crippen molar-refractivity contribution in [1.29, 1.82) is 0 Å². The van der Waals surface area contributed by atoms with E-state index in [0.717, 1.165) is 96.5 Å². The van der Waals surface area contributed by atoms with Gasteiger partial charge in [0.1, 0.15) is 5.78 Å². The van der Waals surface area contributed by atoms with Gasteiger partial charge in [0, 0.05) is 36.6 Å². The summed E-state index contributed by atoms with van der Waals surface area (Å²) in [4.78, 5) is 69.4. The minimum atomic E-state index is -0.231. The molecular weight excluding hydrogens is 755 g/mol. The molecule has 60 heavy (non-hydrogen) atoms. The molecule has 3 rings (SSSR count). The summed E-state index contributed by atoms with van der Waals surface area (Å²) in [5, 5.41) is 0. The summed E-state index contributed by atoms with van der Waals surface area (Å²) < 4.78 is 10.5. The predicted octanol–water partition coefficient (Wildman–Crippen LogP) is 12.2. The lowest BCUT2D eigenvalue weighted by Gasteiger charge is -2.28. The Bertz CT molecular complexity index is 1430. The Balaban J connectivity index is 0. The van der Waals surface area contributed by atoms with Crippen molar-refractivity contribution in [2.45, 2.75) is 146 Å². The van der Waals surface area contributed by atoms with Gasteiger partial charge in [-0.1, -0.05) is 117 Å². The summed E-state index contributed by atoms with van der Waals surface area (Å²) in [5.41, 5.74) is 1.63. The minimum absolute atomic E-state index is 0.00879. The molecule has 9 heteroatoms. The van der Waals surface area contributed by atoms with E-state index >= 15 is 0 Å². The highest BCUT2D eigenvalue weighted by Crippen LogP contribution is 2.32. The van der Waals surface area contributed by atoms with Crippen LogP contribution in [0.3, 0.4) is 0 Å². The third-order valence-electron chi connectivity index (χ3n) is 10.7. The molecule has 9 nitrogen and oxygen atoms in total. The molecular formula is C51H81NO8. The van der Waals surface area contributed by atoms with Crippen LogP contribution < -0.4 is 0 Å². The van der Waals surface area contributed by atoms with Crippen molar-refractivity contribution in [3.63, 3.8) is 0 Å². The molecule has 1 saturated carbocycles. The lowest BCUT2D eigenvalue weighted by Crippen LogP contribution is -2.24. The van der Waals surface area contributed by atoms with Crippen LogP contribution in [0.1, 0.15) is 177 Å². The van der Waals surface area contributed by atoms with Crippen LogP contribution in [-0.2, 0) is 23.9 Å². The monoisotopic (exact) mass is 836 g/mol. The molecule has 1 fully saturated rings. The first-order valence-electron chi connectivity index (χ1n) is 22.4. The molecule has 1 aliphatic rings. The number of carbonyl (C=O) groups excluding carboxylic acids is 6. The molecule has 0 heterocycles. The summed E-state index contributed by atoms with van der Waals surface area (Å²) in [5.74, 6) is 1.68. The molecule has 1 aliphatic carbocycles. The number of amides is 1. The van der Waals surface area contributed by atoms with Gasteiger partial charge in [0.15, 0.2) is 11.6 Å². The van der Waals surface area contributed by atoms with Gasteiger partial charge in [0.2, 0.25) is 6.41 Å². The van der Waals surface area contributed by atoms with Gasteiger partial charge in [-0.3, -0.25) is 24.0 Å². The smallest absolute Gasteiger partial charge is 0.338 e. The normalized spacial score (nSPS) is 15.4. The summed E-state index contributed by atoms with van der Waals surface area (Å²) in [6.45, 7) is 28.3. The predicted molar refractivity (Wildman–Crippen MR) is 246 cm³/mol. The largest absolute Gasteiger partial charge is 0.465 e. The Kier molecular flexibility index (Phi) is 35.1. The molecule has 338 valence electrons. The van der Waals surface area contributed by atoms with Crippen LogP contribution in [-0.4, -0.2) is 66.9 Å². The SMILES string of the molecule is C=C.CC(=O)c1ccccc1C(C)=O.CCC(C)C(=O)CC1CCC(COC(=O)C(C)CC)CC1.CCC(C)COC(=O)c1ccccc1.CCCCN(C=O)CCCC. The van der Waals surface area contributed by atoms with E-state index in [2.05, 4.69) is 47.8 Å². The standard InChI is InChI=1S/C18H32O3.C12H16O2.C10H10O2.C9H19NO.C2H4/c1-5-13(3)17(19)11-15-7-9-16(10-8-15)12-21-18(20)14(4)6-2;1-3-10(2)9-14-12(13)11-7-5-4-6-8-11;1-7(11)9-5-3-4-6-10(9)8(2)12;1-3-5-7-10(9-11)8-6-4-2;1-2/h13-16H,5-12H2,1-4H3;4-8,10H,3,9H2,1-2H3;3-6H,1-2H3;9H,3-8H2,1-2H3;1-2H2. The second-order valence-electron chi connectivity index (χ2n) is 15.8. The van der Waals surface area contributed by atoms with E-state index in [1.807, 2.05) is 43.9 Å². The first-order chi connectivity index (χ1) is 28.7. The van der Waals surface area contributed by atoms with Gasteiger partial charge in [-0.2, -0.15) is 0 Å². The van der Waals surface area contributed by atoms with Crippen LogP contribution in [0.25, 0.3) is 0 Å². The summed E-state index contributed by atoms with van der Waals surface area (Å²) in [7, 11) is 0. The fraction of sp³-hybridized carbons (Fsp3) is 0.608. The van der Waals surface area contributed by atoms with E-state index < -0.39 is 0 Å². The highest BCUT2D eigenvalue weighted by Gasteiger charge is 2.25. The fourth-order valence-corrected chi connectivity index (χ4v) is 5.85. The Hall–Kier alpha value is -4.40. The zero-order valence-electron chi connectivity index (χ0n) is 39.1. The maximum atomic E-state index is 12.0. The van der Waals surface area contributed by atoms with E-state index in [9.17, 15) is 28.8 Å². The number of hydrogen-bond donors (Lipinski definition) is 0. The number of rotatable bonds is 21. The van der Waals surface area contributed by atoms with Gasteiger partial charge in [0.05, 0.1) is 24.7 Å². The number of Topliss-reactive ketones (excluding diaryl/α,β-unsaturated/α-hetero) is 3. The molecule has 0 radical (unpaired) electrons. The third kappa shape index (κ3) is 26.6. The molecule has 1 amide bonds.